The Morgan fingerprint density at radius 3 is 2.71 bits per heavy atom. The first-order chi connectivity index (χ1) is 11.5. The normalized spacial score (nSPS) is 18.4. The number of methoxy groups -OCH3 is 3. The molecule has 1 aliphatic rings. The quantitative estimate of drug-likeness (QED) is 0.817. The number of hydrogen-bond donors (Lipinski definition) is 1. The van der Waals surface area contributed by atoms with Crippen molar-refractivity contribution in [1.29, 1.82) is 0 Å². The van der Waals surface area contributed by atoms with Crippen molar-refractivity contribution in [3.05, 3.63) is 18.2 Å². The molecule has 1 aromatic rings. The summed E-state index contributed by atoms with van der Waals surface area (Å²) in [6.07, 6.45) is 0.201. The van der Waals surface area contributed by atoms with Crippen LogP contribution in [-0.4, -0.2) is 57.2 Å². The second kappa shape index (κ2) is 8.01. The van der Waals surface area contributed by atoms with Crippen molar-refractivity contribution in [1.82, 2.24) is 4.90 Å². The predicted molar refractivity (Wildman–Crippen MR) is 89.3 cm³/mol. The smallest absolute Gasteiger partial charge is 0.229 e. The molecule has 0 aromatic heterocycles. The van der Waals surface area contributed by atoms with Gasteiger partial charge in [-0.05, 0) is 19.1 Å². The predicted octanol–water partition coefficient (Wildman–Crippen LogP) is 1.53. The molecule has 0 unspecified atom stereocenters. The number of rotatable bonds is 7. The topological polar surface area (TPSA) is 77.1 Å². The summed E-state index contributed by atoms with van der Waals surface area (Å²) in [6, 6.07) is 5.12. The van der Waals surface area contributed by atoms with Crippen molar-refractivity contribution in [3.63, 3.8) is 0 Å². The van der Waals surface area contributed by atoms with Crippen molar-refractivity contribution in [3.8, 4) is 11.5 Å². The summed E-state index contributed by atoms with van der Waals surface area (Å²) in [4.78, 5) is 26.4. The SMILES string of the molecule is COC[C@H](C)N1C[C@H](C(=O)Nc2cc(OC)ccc2OC)CC1=O. The van der Waals surface area contributed by atoms with Gasteiger partial charge in [0.05, 0.1) is 38.5 Å². The number of hydrogen-bond acceptors (Lipinski definition) is 5. The molecule has 7 nitrogen and oxygen atoms in total. The Labute approximate surface area is 141 Å². The van der Waals surface area contributed by atoms with Gasteiger partial charge in [0.25, 0.3) is 0 Å². The lowest BCUT2D eigenvalue weighted by Crippen LogP contribution is -2.38. The zero-order valence-corrected chi connectivity index (χ0v) is 14.5. The zero-order valence-electron chi connectivity index (χ0n) is 14.5. The van der Waals surface area contributed by atoms with Crippen molar-refractivity contribution >= 4 is 17.5 Å². The summed E-state index contributed by atoms with van der Waals surface area (Å²) >= 11 is 0. The van der Waals surface area contributed by atoms with Gasteiger partial charge in [0.15, 0.2) is 0 Å². The first-order valence-corrected chi connectivity index (χ1v) is 7.81. The Balaban J connectivity index is 2.07. The monoisotopic (exact) mass is 336 g/mol. The third-order valence-electron chi connectivity index (χ3n) is 4.13. The summed E-state index contributed by atoms with van der Waals surface area (Å²) in [5.41, 5.74) is 0.526. The number of anilines is 1. The molecule has 1 fully saturated rings. The molecular weight excluding hydrogens is 312 g/mol. The molecule has 2 atom stereocenters. The molecule has 7 heteroatoms. The zero-order chi connectivity index (χ0) is 17.7. The van der Waals surface area contributed by atoms with Crippen LogP contribution in [0.2, 0.25) is 0 Å². The summed E-state index contributed by atoms with van der Waals surface area (Å²) < 4.78 is 15.5. The maximum absolute atomic E-state index is 12.5. The Kier molecular flexibility index (Phi) is 6.03. The van der Waals surface area contributed by atoms with E-state index in [0.29, 0.717) is 30.3 Å². The van der Waals surface area contributed by atoms with E-state index in [0.717, 1.165) is 0 Å². The van der Waals surface area contributed by atoms with Crippen LogP contribution in [0.4, 0.5) is 5.69 Å². The fourth-order valence-electron chi connectivity index (χ4n) is 2.81. The number of benzene rings is 1. The Morgan fingerprint density at radius 1 is 1.33 bits per heavy atom. The second-order valence-corrected chi connectivity index (χ2v) is 5.81. The van der Waals surface area contributed by atoms with Gasteiger partial charge in [-0.2, -0.15) is 0 Å². The summed E-state index contributed by atoms with van der Waals surface area (Å²) in [5.74, 6) is 0.522. The molecular formula is C17H24N2O5. The van der Waals surface area contributed by atoms with Crippen LogP contribution in [0.1, 0.15) is 13.3 Å². The molecule has 0 radical (unpaired) electrons. The molecule has 24 heavy (non-hydrogen) atoms. The molecule has 1 N–H and O–H groups in total. The highest BCUT2D eigenvalue weighted by Gasteiger charge is 2.36. The maximum Gasteiger partial charge on any atom is 0.229 e. The van der Waals surface area contributed by atoms with Crippen molar-refractivity contribution in [2.45, 2.75) is 19.4 Å². The van der Waals surface area contributed by atoms with E-state index >= 15 is 0 Å². The van der Waals surface area contributed by atoms with Gasteiger partial charge in [-0.25, -0.2) is 0 Å². The lowest BCUT2D eigenvalue weighted by molar-refractivity contribution is -0.130. The number of carbonyl (C=O) groups excluding carboxylic acids is 2. The Bertz CT molecular complexity index is 605. The lowest BCUT2D eigenvalue weighted by atomic mass is 10.1. The van der Waals surface area contributed by atoms with Crippen molar-refractivity contribution in [2.75, 3.05) is 39.8 Å². The van der Waals surface area contributed by atoms with Crippen LogP contribution >= 0.6 is 0 Å². The van der Waals surface area contributed by atoms with Crippen LogP contribution in [-0.2, 0) is 14.3 Å². The number of ether oxygens (including phenoxy) is 3. The van der Waals surface area contributed by atoms with Crippen LogP contribution in [0.25, 0.3) is 0 Å². The Morgan fingerprint density at radius 2 is 2.08 bits per heavy atom. The summed E-state index contributed by atoms with van der Waals surface area (Å²) in [6.45, 7) is 2.75. The minimum Gasteiger partial charge on any atom is -0.497 e. The van der Waals surface area contributed by atoms with E-state index in [4.69, 9.17) is 14.2 Å². The molecule has 0 bridgehead atoms. The highest BCUT2D eigenvalue weighted by molar-refractivity contribution is 5.98. The van der Waals surface area contributed by atoms with E-state index in [1.807, 2.05) is 6.92 Å². The lowest BCUT2D eigenvalue weighted by Gasteiger charge is -2.24. The first kappa shape index (κ1) is 18.1. The highest BCUT2D eigenvalue weighted by Crippen LogP contribution is 2.30. The second-order valence-electron chi connectivity index (χ2n) is 5.81. The van der Waals surface area contributed by atoms with Gasteiger partial charge in [-0.15, -0.1) is 0 Å². The minimum absolute atomic E-state index is 0.0303. The van der Waals surface area contributed by atoms with Crippen LogP contribution in [0.3, 0.4) is 0 Å². The number of nitrogens with one attached hydrogen (secondary N) is 1. The van der Waals surface area contributed by atoms with E-state index < -0.39 is 5.92 Å². The number of amides is 2. The highest BCUT2D eigenvalue weighted by atomic mass is 16.5. The van der Waals surface area contributed by atoms with E-state index in [-0.39, 0.29) is 24.3 Å². The third-order valence-corrected chi connectivity index (χ3v) is 4.13. The molecule has 0 saturated carbocycles. The number of likely N-dealkylation sites (tertiary alicyclic amines) is 1. The average molecular weight is 336 g/mol. The van der Waals surface area contributed by atoms with Gasteiger partial charge >= 0.3 is 0 Å². The molecule has 1 heterocycles. The molecule has 2 rings (SSSR count). The average Bonchev–Trinajstić information content (AvgIpc) is 2.97. The van der Waals surface area contributed by atoms with Crippen LogP contribution in [0, 0.1) is 5.92 Å². The van der Waals surface area contributed by atoms with Crippen molar-refractivity contribution < 1.29 is 23.8 Å². The first-order valence-electron chi connectivity index (χ1n) is 7.81. The van der Waals surface area contributed by atoms with Crippen LogP contribution < -0.4 is 14.8 Å². The molecule has 1 saturated heterocycles. The Hall–Kier alpha value is -2.28. The summed E-state index contributed by atoms with van der Waals surface area (Å²) in [7, 11) is 4.68. The fourth-order valence-corrected chi connectivity index (χ4v) is 2.81. The van der Waals surface area contributed by atoms with E-state index in [9.17, 15) is 9.59 Å². The van der Waals surface area contributed by atoms with Crippen LogP contribution in [0.5, 0.6) is 11.5 Å². The van der Waals surface area contributed by atoms with Crippen molar-refractivity contribution in [2.24, 2.45) is 5.92 Å². The third kappa shape index (κ3) is 3.97. The van der Waals surface area contributed by atoms with Gasteiger partial charge in [-0.3, -0.25) is 9.59 Å². The molecule has 0 spiro atoms. The molecule has 1 aromatic carbocycles. The maximum atomic E-state index is 12.5. The van der Waals surface area contributed by atoms with Gasteiger partial charge < -0.3 is 24.4 Å². The largest absolute Gasteiger partial charge is 0.497 e. The standard InChI is InChI=1S/C17H24N2O5/c1-11(10-22-2)19-9-12(7-16(19)20)17(21)18-14-8-13(23-3)5-6-15(14)24-4/h5-6,8,11-12H,7,9-10H2,1-4H3,(H,18,21)/t11-,12+/m0/s1. The van der Waals surface area contributed by atoms with E-state index in [1.165, 1.54) is 7.11 Å². The minimum atomic E-state index is -0.396. The van der Waals surface area contributed by atoms with Gasteiger partial charge in [0, 0.05) is 26.1 Å². The van der Waals surface area contributed by atoms with E-state index in [1.54, 1.807) is 37.3 Å². The fraction of sp³-hybridized carbons (Fsp3) is 0.529. The molecule has 1 aliphatic heterocycles. The van der Waals surface area contributed by atoms with Crippen LogP contribution in [0.15, 0.2) is 18.2 Å². The molecule has 0 aliphatic carbocycles. The van der Waals surface area contributed by atoms with Gasteiger partial charge in [0.2, 0.25) is 11.8 Å². The number of nitrogens with zero attached hydrogens (tertiary/aromatic N) is 1. The van der Waals surface area contributed by atoms with Gasteiger partial charge in [-0.1, -0.05) is 0 Å². The number of carbonyl (C=O) groups is 2. The van der Waals surface area contributed by atoms with Gasteiger partial charge in [0.1, 0.15) is 11.5 Å². The summed E-state index contributed by atoms with van der Waals surface area (Å²) in [5, 5.41) is 2.84. The molecule has 132 valence electrons. The molecule has 2 amide bonds. The van der Waals surface area contributed by atoms with E-state index in [2.05, 4.69) is 5.32 Å².